The lowest BCUT2D eigenvalue weighted by Crippen LogP contribution is -2.46. The Morgan fingerprint density at radius 1 is 1.40 bits per heavy atom. The third-order valence-electron chi connectivity index (χ3n) is 3.53. The minimum atomic E-state index is -0.186. The number of ketones is 1. The van der Waals surface area contributed by atoms with Crippen molar-refractivity contribution >= 4 is 11.5 Å². The SMILES string of the molecule is CN1CCN(CC(=O)c2cc(O)cc(N)c2C#N)CC1. The third-order valence-corrected chi connectivity index (χ3v) is 3.53. The number of likely N-dealkylation sites (N-methyl/N-ethyl adjacent to an activating group) is 1. The Labute approximate surface area is 118 Å². The van der Waals surface area contributed by atoms with Crippen molar-refractivity contribution in [2.45, 2.75) is 0 Å². The van der Waals surface area contributed by atoms with Crippen LogP contribution in [-0.4, -0.2) is 60.5 Å². The number of nitrogen functional groups attached to an aromatic ring is 1. The van der Waals surface area contributed by atoms with Gasteiger partial charge in [0.1, 0.15) is 11.8 Å². The van der Waals surface area contributed by atoms with E-state index in [1.54, 1.807) is 0 Å². The van der Waals surface area contributed by atoms with E-state index >= 15 is 0 Å². The Bertz CT molecular complexity index is 557. The summed E-state index contributed by atoms with van der Waals surface area (Å²) in [7, 11) is 2.04. The summed E-state index contributed by atoms with van der Waals surface area (Å²) in [5, 5.41) is 18.6. The molecule has 1 fully saturated rings. The molecular formula is C14H18N4O2. The summed E-state index contributed by atoms with van der Waals surface area (Å²) in [5.41, 5.74) is 6.14. The zero-order valence-corrected chi connectivity index (χ0v) is 11.5. The highest BCUT2D eigenvalue weighted by molar-refractivity contribution is 6.01. The van der Waals surface area contributed by atoms with Gasteiger partial charge in [0.15, 0.2) is 5.78 Å². The molecule has 0 aliphatic carbocycles. The molecule has 0 amide bonds. The topological polar surface area (TPSA) is 93.6 Å². The number of nitrogens with zero attached hydrogens (tertiary/aromatic N) is 3. The number of hydrogen-bond acceptors (Lipinski definition) is 6. The Morgan fingerprint density at radius 3 is 2.65 bits per heavy atom. The van der Waals surface area contributed by atoms with Gasteiger partial charge in [-0.05, 0) is 13.1 Å². The maximum absolute atomic E-state index is 12.3. The first-order chi connectivity index (χ1) is 9.51. The number of carbonyl (C=O) groups is 1. The average Bonchev–Trinajstić information content (AvgIpc) is 2.40. The number of piperazine rings is 1. The molecule has 0 aromatic heterocycles. The molecule has 1 saturated heterocycles. The first-order valence-corrected chi connectivity index (χ1v) is 6.48. The van der Waals surface area contributed by atoms with E-state index in [9.17, 15) is 9.90 Å². The van der Waals surface area contributed by atoms with Crippen molar-refractivity contribution in [1.82, 2.24) is 9.80 Å². The molecule has 1 aliphatic heterocycles. The highest BCUT2D eigenvalue weighted by atomic mass is 16.3. The summed E-state index contributed by atoms with van der Waals surface area (Å²) in [6.45, 7) is 3.71. The van der Waals surface area contributed by atoms with E-state index in [4.69, 9.17) is 11.0 Å². The van der Waals surface area contributed by atoms with Gasteiger partial charge in [-0.2, -0.15) is 5.26 Å². The second-order valence-corrected chi connectivity index (χ2v) is 5.07. The van der Waals surface area contributed by atoms with Crippen LogP contribution in [-0.2, 0) is 0 Å². The number of phenolic OH excluding ortho intramolecular Hbond substituents is 1. The summed E-state index contributed by atoms with van der Waals surface area (Å²) >= 11 is 0. The van der Waals surface area contributed by atoms with Crippen LogP contribution in [0.4, 0.5) is 5.69 Å². The molecule has 2 rings (SSSR count). The lowest BCUT2D eigenvalue weighted by Gasteiger charge is -2.31. The number of aromatic hydroxyl groups is 1. The van der Waals surface area contributed by atoms with E-state index < -0.39 is 0 Å². The lowest BCUT2D eigenvalue weighted by atomic mass is 10.0. The van der Waals surface area contributed by atoms with Gasteiger partial charge < -0.3 is 15.7 Å². The predicted octanol–water partition coefficient (Wildman–Crippen LogP) is 0.276. The molecule has 1 aromatic carbocycles. The van der Waals surface area contributed by atoms with Crippen LogP contribution in [0.25, 0.3) is 0 Å². The van der Waals surface area contributed by atoms with Gasteiger partial charge in [-0.15, -0.1) is 0 Å². The molecule has 6 nitrogen and oxygen atoms in total. The first-order valence-electron chi connectivity index (χ1n) is 6.48. The van der Waals surface area contributed by atoms with Crippen molar-refractivity contribution in [2.24, 2.45) is 0 Å². The summed E-state index contributed by atoms with van der Waals surface area (Å²) in [6.07, 6.45) is 0. The quantitative estimate of drug-likeness (QED) is 0.607. The van der Waals surface area contributed by atoms with Crippen molar-refractivity contribution in [1.29, 1.82) is 5.26 Å². The lowest BCUT2D eigenvalue weighted by molar-refractivity contribution is 0.0876. The fraction of sp³-hybridized carbons (Fsp3) is 0.429. The van der Waals surface area contributed by atoms with E-state index in [-0.39, 0.29) is 34.9 Å². The van der Waals surface area contributed by atoms with Crippen LogP contribution in [0.15, 0.2) is 12.1 Å². The summed E-state index contributed by atoms with van der Waals surface area (Å²) in [6, 6.07) is 4.53. The zero-order valence-electron chi connectivity index (χ0n) is 11.5. The minimum Gasteiger partial charge on any atom is -0.508 e. The van der Waals surface area contributed by atoms with Gasteiger partial charge in [-0.25, -0.2) is 0 Å². The van der Waals surface area contributed by atoms with Gasteiger partial charge in [0.05, 0.1) is 17.8 Å². The second kappa shape index (κ2) is 5.90. The van der Waals surface area contributed by atoms with Gasteiger partial charge in [-0.1, -0.05) is 0 Å². The number of carbonyl (C=O) groups excluding carboxylic acids is 1. The van der Waals surface area contributed by atoms with Crippen molar-refractivity contribution < 1.29 is 9.90 Å². The van der Waals surface area contributed by atoms with Crippen LogP contribution in [0, 0.1) is 11.3 Å². The van der Waals surface area contributed by atoms with Crippen LogP contribution in [0.2, 0.25) is 0 Å². The molecule has 0 saturated carbocycles. The van der Waals surface area contributed by atoms with Gasteiger partial charge in [-0.3, -0.25) is 9.69 Å². The molecular weight excluding hydrogens is 256 g/mol. The smallest absolute Gasteiger partial charge is 0.178 e. The van der Waals surface area contributed by atoms with Crippen molar-refractivity contribution in [3.8, 4) is 11.8 Å². The molecule has 1 aliphatic rings. The molecule has 0 spiro atoms. The highest BCUT2D eigenvalue weighted by Gasteiger charge is 2.20. The monoisotopic (exact) mass is 274 g/mol. The third kappa shape index (κ3) is 3.07. The number of anilines is 1. The number of rotatable bonds is 3. The van der Waals surface area contributed by atoms with Crippen molar-refractivity contribution in [3.05, 3.63) is 23.3 Å². The van der Waals surface area contributed by atoms with E-state index in [0.29, 0.717) is 0 Å². The molecule has 0 atom stereocenters. The van der Waals surface area contributed by atoms with Gasteiger partial charge in [0.2, 0.25) is 0 Å². The van der Waals surface area contributed by atoms with E-state index in [1.165, 1.54) is 12.1 Å². The molecule has 0 unspecified atom stereocenters. The summed E-state index contributed by atoms with van der Waals surface area (Å²) in [5.74, 6) is -0.281. The molecule has 1 heterocycles. The van der Waals surface area contributed by atoms with E-state index in [1.807, 2.05) is 18.0 Å². The molecule has 1 aromatic rings. The van der Waals surface area contributed by atoms with E-state index in [2.05, 4.69) is 4.90 Å². The Morgan fingerprint density at radius 2 is 2.05 bits per heavy atom. The fourth-order valence-electron chi connectivity index (χ4n) is 2.29. The molecule has 20 heavy (non-hydrogen) atoms. The Hall–Kier alpha value is -2.10. The number of nitrogens with two attached hydrogens (primary N) is 1. The maximum atomic E-state index is 12.3. The Kier molecular flexibility index (Phi) is 4.23. The largest absolute Gasteiger partial charge is 0.508 e. The van der Waals surface area contributed by atoms with Crippen molar-refractivity contribution in [3.63, 3.8) is 0 Å². The zero-order chi connectivity index (χ0) is 14.7. The normalized spacial score (nSPS) is 16.8. The van der Waals surface area contributed by atoms with E-state index in [0.717, 1.165) is 26.2 Å². The van der Waals surface area contributed by atoms with Gasteiger partial charge >= 0.3 is 0 Å². The number of hydrogen-bond donors (Lipinski definition) is 2. The molecule has 6 heteroatoms. The van der Waals surface area contributed by atoms with Crippen LogP contribution in [0.5, 0.6) is 5.75 Å². The molecule has 3 N–H and O–H groups in total. The fourth-order valence-corrected chi connectivity index (χ4v) is 2.29. The highest BCUT2D eigenvalue weighted by Crippen LogP contribution is 2.24. The number of nitriles is 1. The Balaban J connectivity index is 2.15. The summed E-state index contributed by atoms with van der Waals surface area (Å²) < 4.78 is 0. The van der Waals surface area contributed by atoms with Gasteiger partial charge in [0.25, 0.3) is 0 Å². The van der Waals surface area contributed by atoms with Crippen LogP contribution in [0.3, 0.4) is 0 Å². The van der Waals surface area contributed by atoms with Crippen LogP contribution < -0.4 is 5.73 Å². The molecule has 106 valence electrons. The van der Waals surface area contributed by atoms with Gasteiger partial charge in [0, 0.05) is 37.8 Å². The first kappa shape index (κ1) is 14.3. The predicted molar refractivity (Wildman–Crippen MR) is 75.5 cm³/mol. The summed E-state index contributed by atoms with van der Waals surface area (Å²) in [4.78, 5) is 16.6. The minimum absolute atomic E-state index is 0.0942. The maximum Gasteiger partial charge on any atom is 0.178 e. The molecule has 0 radical (unpaired) electrons. The van der Waals surface area contributed by atoms with Crippen molar-refractivity contribution in [2.75, 3.05) is 45.5 Å². The molecule has 0 bridgehead atoms. The number of Topliss-reactive ketones (excluding diaryl/α,β-unsaturated/α-hetero) is 1. The second-order valence-electron chi connectivity index (χ2n) is 5.07. The average molecular weight is 274 g/mol. The number of phenols is 1. The van der Waals surface area contributed by atoms with Crippen LogP contribution in [0.1, 0.15) is 15.9 Å². The standard InChI is InChI=1S/C14H18N4O2/c1-17-2-4-18(5-3-17)9-14(20)11-6-10(19)7-13(16)12(11)8-15/h6-7,19H,2-5,9,16H2,1H3. The van der Waals surface area contributed by atoms with Crippen LogP contribution >= 0.6 is 0 Å². The number of benzene rings is 1.